The van der Waals surface area contributed by atoms with E-state index in [0.29, 0.717) is 19.3 Å². The molecule has 0 radical (unpaired) electrons. The minimum absolute atomic E-state index is 0.108. The van der Waals surface area contributed by atoms with E-state index in [4.69, 9.17) is 14.2 Å². The van der Waals surface area contributed by atoms with Gasteiger partial charge in [-0.25, -0.2) is 0 Å². The van der Waals surface area contributed by atoms with Gasteiger partial charge in [-0.15, -0.1) is 0 Å². The van der Waals surface area contributed by atoms with Gasteiger partial charge in [0, 0.05) is 19.3 Å². The fourth-order valence-electron chi connectivity index (χ4n) is 6.17. The smallest absolute Gasteiger partial charge is 0.306 e. The molecule has 0 heterocycles. The van der Waals surface area contributed by atoms with Gasteiger partial charge in [0.15, 0.2) is 6.10 Å². The Labute approximate surface area is 385 Å². The zero-order valence-corrected chi connectivity index (χ0v) is 40.0. The zero-order chi connectivity index (χ0) is 45.8. The van der Waals surface area contributed by atoms with E-state index < -0.39 is 6.10 Å². The molecule has 0 fully saturated rings. The summed E-state index contributed by atoms with van der Waals surface area (Å²) in [6, 6.07) is 0. The summed E-state index contributed by atoms with van der Waals surface area (Å²) in [5.41, 5.74) is 0. The van der Waals surface area contributed by atoms with Crippen LogP contribution in [0.3, 0.4) is 0 Å². The lowest BCUT2D eigenvalue weighted by molar-refractivity contribution is -0.167. The molecule has 0 aliphatic carbocycles. The number of allylic oxidation sites excluding steroid dienone is 22. The first-order valence-corrected chi connectivity index (χ1v) is 24.8. The first-order valence-electron chi connectivity index (χ1n) is 24.8. The minimum atomic E-state index is -0.811. The van der Waals surface area contributed by atoms with E-state index in [1.807, 2.05) is 72.9 Å². The van der Waals surface area contributed by atoms with Gasteiger partial charge in [0.25, 0.3) is 0 Å². The van der Waals surface area contributed by atoms with Crippen molar-refractivity contribution >= 4 is 17.9 Å². The van der Waals surface area contributed by atoms with Crippen LogP contribution in [0.2, 0.25) is 0 Å². The highest BCUT2D eigenvalue weighted by molar-refractivity contribution is 5.71. The van der Waals surface area contributed by atoms with Crippen LogP contribution in [0.1, 0.15) is 188 Å². The predicted molar refractivity (Wildman–Crippen MR) is 269 cm³/mol. The summed E-state index contributed by atoms with van der Waals surface area (Å²) >= 11 is 0. The Morgan fingerprint density at radius 3 is 1.03 bits per heavy atom. The maximum Gasteiger partial charge on any atom is 0.306 e. The summed E-state index contributed by atoms with van der Waals surface area (Å²) in [4.78, 5) is 37.9. The highest BCUT2D eigenvalue weighted by Gasteiger charge is 2.19. The molecule has 6 nitrogen and oxygen atoms in total. The van der Waals surface area contributed by atoms with Crippen LogP contribution in [0.4, 0.5) is 0 Å². The molecular weight excluding hydrogens is 781 g/mol. The van der Waals surface area contributed by atoms with Gasteiger partial charge in [0.05, 0.1) is 0 Å². The van der Waals surface area contributed by atoms with Crippen LogP contribution >= 0.6 is 0 Å². The fourth-order valence-corrected chi connectivity index (χ4v) is 6.17. The van der Waals surface area contributed by atoms with Crippen molar-refractivity contribution in [2.24, 2.45) is 0 Å². The Morgan fingerprint density at radius 2 is 0.635 bits per heavy atom. The van der Waals surface area contributed by atoms with Crippen molar-refractivity contribution in [3.8, 4) is 0 Å². The summed E-state index contributed by atoms with van der Waals surface area (Å²) in [6.07, 6.45) is 70.0. The fraction of sp³-hybridized carbons (Fsp3) is 0.561. The first-order chi connectivity index (χ1) is 31.0. The monoisotopic (exact) mass is 869 g/mol. The number of hydrogen-bond donors (Lipinski definition) is 0. The van der Waals surface area contributed by atoms with Crippen LogP contribution in [0.5, 0.6) is 0 Å². The van der Waals surface area contributed by atoms with E-state index >= 15 is 0 Å². The summed E-state index contributed by atoms with van der Waals surface area (Å²) in [6.45, 7) is 6.24. The van der Waals surface area contributed by atoms with Gasteiger partial charge in [-0.3, -0.25) is 14.4 Å². The molecule has 0 saturated carbocycles. The molecule has 0 aromatic heterocycles. The number of hydrogen-bond acceptors (Lipinski definition) is 6. The van der Waals surface area contributed by atoms with Gasteiger partial charge >= 0.3 is 17.9 Å². The minimum Gasteiger partial charge on any atom is -0.462 e. The first kappa shape index (κ1) is 58.6. The van der Waals surface area contributed by atoms with Crippen molar-refractivity contribution in [2.45, 2.75) is 194 Å². The van der Waals surface area contributed by atoms with E-state index in [1.54, 1.807) is 0 Å². The van der Waals surface area contributed by atoms with Crippen LogP contribution in [0.15, 0.2) is 134 Å². The average Bonchev–Trinajstić information content (AvgIpc) is 3.28. The van der Waals surface area contributed by atoms with E-state index in [9.17, 15) is 14.4 Å². The quantitative estimate of drug-likeness (QED) is 0.0200. The third kappa shape index (κ3) is 48.4. The molecule has 0 spiro atoms. The summed E-state index contributed by atoms with van der Waals surface area (Å²) < 4.78 is 16.7. The SMILES string of the molecule is CC\C=C/C=C\C=C/C=C\C=C\C=C/C=C\CCCCCC(=O)OCC(COC(=O)CCCCCCC/C=C\CCCC)OC(=O)CCCCCCCCC\C=C/C=C\C=C/CC. The second-order valence-corrected chi connectivity index (χ2v) is 15.8. The molecule has 0 saturated heterocycles. The van der Waals surface area contributed by atoms with E-state index in [1.165, 1.54) is 44.9 Å². The topological polar surface area (TPSA) is 78.9 Å². The lowest BCUT2D eigenvalue weighted by Gasteiger charge is -2.18. The lowest BCUT2D eigenvalue weighted by Crippen LogP contribution is -2.30. The molecule has 0 rings (SSSR count). The van der Waals surface area contributed by atoms with Crippen molar-refractivity contribution in [3.05, 3.63) is 134 Å². The standard InChI is InChI=1S/C57H88O6/c1-4-7-10-13-16-19-22-24-26-27-28-29-31-32-35-38-41-44-47-50-56(59)62-53-54(52-61-55(58)49-46-43-40-37-34-21-18-15-12-9-6-3)63-57(60)51-48-45-42-39-36-33-30-25-23-20-17-14-11-8-5-2/h7-8,10-11,13-20,22-24,26-29,31-32,35,54H,4-6,9,12,21,25,30,33-34,36-53H2,1-3H3/b10-7-,11-8-,16-13-,17-14-,18-15-,22-19-,23-20-,26-24-,28-27+,31-29-,35-32-. The van der Waals surface area contributed by atoms with E-state index in [0.717, 1.165) is 103 Å². The number of unbranched alkanes of at least 4 members (excludes halogenated alkanes) is 17. The molecule has 0 bridgehead atoms. The van der Waals surface area contributed by atoms with Crippen molar-refractivity contribution < 1.29 is 28.6 Å². The van der Waals surface area contributed by atoms with Crippen molar-refractivity contribution in [1.29, 1.82) is 0 Å². The second kappa shape index (κ2) is 50.2. The van der Waals surface area contributed by atoms with Gasteiger partial charge < -0.3 is 14.2 Å². The molecule has 0 aliphatic heterocycles. The molecular formula is C57H88O6. The van der Waals surface area contributed by atoms with Gasteiger partial charge in [0.2, 0.25) is 0 Å². The number of carbonyl (C=O) groups excluding carboxylic acids is 3. The Hall–Kier alpha value is -4.45. The molecule has 0 aliphatic rings. The van der Waals surface area contributed by atoms with Gasteiger partial charge in [0.1, 0.15) is 13.2 Å². The van der Waals surface area contributed by atoms with E-state index in [-0.39, 0.29) is 31.1 Å². The highest BCUT2D eigenvalue weighted by atomic mass is 16.6. The predicted octanol–water partition coefficient (Wildman–Crippen LogP) is 16.3. The molecule has 0 aromatic rings. The number of carbonyl (C=O) groups is 3. The van der Waals surface area contributed by atoms with Crippen molar-refractivity contribution in [2.75, 3.05) is 13.2 Å². The van der Waals surface area contributed by atoms with Crippen LogP contribution in [0, 0.1) is 0 Å². The third-order valence-electron chi connectivity index (χ3n) is 9.88. The Kier molecular flexibility index (Phi) is 46.7. The molecule has 63 heavy (non-hydrogen) atoms. The van der Waals surface area contributed by atoms with Gasteiger partial charge in [-0.1, -0.05) is 225 Å². The number of esters is 3. The summed E-state index contributed by atoms with van der Waals surface area (Å²) in [5, 5.41) is 0. The van der Waals surface area contributed by atoms with Crippen molar-refractivity contribution in [1.82, 2.24) is 0 Å². The van der Waals surface area contributed by atoms with Crippen molar-refractivity contribution in [3.63, 3.8) is 0 Å². The molecule has 6 heteroatoms. The average molecular weight is 869 g/mol. The summed E-state index contributed by atoms with van der Waals surface area (Å²) in [5.74, 6) is -0.987. The maximum atomic E-state index is 12.8. The van der Waals surface area contributed by atoms with Crippen LogP contribution < -0.4 is 0 Å². The summed E-state index contributed by atoms with van der Waals surface area (Å²) in [7, 11) is 0. The Balaban J connectivity index is 4.53. The Bertz CT molecular complexity index is 1420. The third-order valence-corrected chi connectivity index (χ3v) is 9.88. The Morgan fingerprint density at radius 1 is 0.333 bits per heavy atom. The molecule has 1 unspecified atom stereocenters. The highest BCUT2D eigenvalue weighted by Crippen LogP contribution is 2.13. The van der Waals surface area contributed by atoms with Crippen LogP contribution in [-0.4, -0.2) is 37.2 Å². The molecule has 352 valence electrons. The molecule has 1 atom stereocenters. The molecule has 0 N–H and O–H groups in total. The van der Waals surface area contributed by atoms with Crippen LogP contribution in [-0.2, 0) is 28.6 Å². The normalized spacial score (nSPS) is 13.3. The number of rotatable bonds is 42. The van der Waals surface area contributed by atoms with Gasteiger partial charge in [-0.2, -0.15) is 0 Å². The lowest BCUT2D eigenvalue weighted by atomic mass is 10.1. The largest absolute Gasteiger partial charge is 0.462 e. The zero-order valence-electron chi connectivity index (χ0n) is 40.0. The second-order valence-electron chi connectivity index (χ2n) is 15.8. The molecule has 0 aromatic carbocycles. The van der Waals surface area contributed by atoms with E-state index in [2.05, 4.69) is 81.5 Å². The van der Waals surface area contributed by atoms with Crippen LogP contribution in [0.25, 0.3) is 0 Å². The maximum absolute atomic E-state index is 12.8. The molecule has 0 amide bonds. The number of ether oxygens (including phenoxy) is 3. The van der Waals surface area contributed by atoms with Gasteiger partial charge in [-0.05, 0) is 77.0 Å².